The number of fused-ring (bicyclic) bond motifs is 1. The van der Waals surface area contributed by atoms with E-state index in [1.165, 1.54) is 29.2 Å². The zero-order chi connectivity index (χ0) is 23.8. The maximum atomic E-state index is 12.7. The van der Waals surface area contributed by atoms with Gasteiger partial charge in [-0.2, -0.15) is 0 Å². The molecule has 2 heterocycles. The molecule has 2 aliphatic heterocycles. The van der Waals surface area contributed by atoms with E-state index in [1.807, 2.05) is 4.90 Å². The highest BCUT2D eigenvalue weighted by atomic mass is 19.4. The van der Waals surface area contributed by atoms with Crippen LogP contribution in [0.3, 0.4) is 0 Å². The number of alkyl halides is 3. The Morgan fingerprint density at radius 3 is 2.61 bits per heavy atom. The zero-order valence-electron chi connectivity index (χ0n) is 17.5. The van der Waals surface area contributed by atoms with Crippen LogP contribution in [0, 0.1) is 0 Å². The molecular weight excluding hydrogens is 445 g/mol. The van der Waals surface area contributed by atoms with Crippen molar-refractivity contribution in [3.63, 3.8) is 0 Å². The third-order valence-corrected chi connectivity index (χ3v) is 5.48. The summed E-state index contributed by atoms with van der Waals surface area (Å²) in [6, 6.07) is 4.85. The van der Waals surface area contributed by atoms with Gasteiger partial charge in [0.05, 0.1) is 6.04 Å². The van der Waals surface area contributed by atoms with E-state index in [2.05, 4.69) is 15.4 Å². The van der Waals surface area contributed by atoms with E-state index >= 15 is 0 Å². The zero-order valence-corrected chi connectivity index (χ0v) is 17.5. The van der Waals surface area contributed by atoms with Crippen LogP contribution in [0.15, 0.2) is 48.2 Å². The number of hydrogen-bond donors (Lipinski definition) is 2. The van der Waals surface area contributed by atoms with Crippen molar-refractivity contribution >= 4 is 23.6 Å². The number of alkyl carbamates (subject to hydrolysis) is 1. The van der Waals surface area contributed by atoms with Gasteiger partial charge in [0, 0.05) is 37.1 Å². The first-order chi connectivity index (χ1) is 15.6. The van der Waals surface area contributed by atoms with E-state index in [4.69, 9.17) is 4.74 Å². The Labute approximate surface area is 186 Å². The highest BCUT2D eigenvalue weighted by molar-refractivity contribution is 6.35. The summed E-state index contributed by atoms with van der Waals surface area (Å²) in [5.41, 5.74) is 1.04. The van der Waals surface area contributed by atoms with Gasteiger partial charge in [-0.1, -0.05) is 6.08 Å². The maximum Gasteiger partial charge on any atom is 0.573 e. The standard InChI is InChI=1S/C21H21F3N4O5/c1-12-11-27(14-3-5-15(6-4-14)33-21(22,23)24)8-9-28(12)19(30)18(29)25-13-2-7-16-17(10-13)32-20(31)26-16/h2-7,10,12,16-17H,8-9,11H2,1H3,(H,25,29)(H,26,31). The van der Waals surface area contributed by atoms with Crippen LogP contribution in [0.25, 0.3) is 0 Å². The number of rotatable bonds is 3. The van der Waals surface area contributed by atoms with E-state index in [-0.39, 0.29) is 24.4 Å². The number of carbonyl (C=O) groups excluding carboxylic acids is 3. The second kappa shape index (κ2) is 8.68. The summed E-state index contributed by atoms with van der Waals surface area (Å²) in [6.07, 6.45) is -1.04. The Hall–Kier alpha value is -3.70. The highest BCUT2D eigenvalue weighted by Crippen LogP contribution is 2.26. The van der Waals surface area contributed by atoms with Crippen LogP contribution in [0.4, 0.5) is 23.7 Å². The Bertz CT molecular complexity index is 1010. The number of hydrogen-bond acceptors (Lipinski definition) is 6. The molecule has 3 atom stereocenters. The van der Waals surface area contributed by atoms with Crippen molar-refractivity contribution in [1.82, 2.24) is 15.5 Å². The minimum absolute atomic E-state index is 0.259. The Morgan fingerprint density at radius 1 is 1.21 bits per heavy atom. The molecule has 2 fully saturated rings. The first-order valence-corrected chi connectivity index (χ1v) is 10.2. The molecule has 1 aromatic rings. The lowest BCUT2D eigenvalue weighted by atomic mass is 10.0. The molecule has 2 saturated heterocycles. The lowest BCUT2D eigenvalue weighted by Crippen LogP contribution is -2.57. The van der Waals surface area contributed by atoms with E-state index < -0.39 is 30.4 Å². The van der Waals surface area contributed by atoms with Gasteiger partial charge >= 0.3 is 24.3 Å². The monoisotopic (exact) mass is 466 g/mol. The van der Waals surface area contributed by atoms with Crippen molar-refractivity contribution in [2.45, 2.75) is 31.5 Å². The van der Waals surface area contributed by atoms with Crippen LogP contribution in [0.1, 0.15) is 6.92 Å². The summed E-state index contributed by atoms with van der Waals surface area (Å²) < 4.78 is 45.9. The summed E-state index contributed by atoms with van der Waals surface area (Å²) in [6.45, 7) is 2.84. The smallest absolute Gasteiger partial charge is 0.439 e. The van der Waals surface area contributed by atoms with Crippen LogP contribution >= 0.6 is 0 Å². The van der Waals surface area contributed by atoms with Crippen molar-refractivity contribution in [3.05, 3.63) is 48.2 Å². The molecule has 3 unspecified atom stereocenters. The van der Waals surface area contributed by atoms with Crippen molar-refractivity contribution in [3.8, 4) is 5.75 Å². The summed E-state index contributed by atoms with van der Waals surface area (Å²) in [5.74, 6) is -1.82. The van der Waals surface area contributed by atoms with Gasteiger partial charge in [0.25, 0.3) is 0 Å². The Kier molecular flexibility index (Phi) is 5.91. The second-order valence-electron chi connectivity index (χ2n) is 7.81. The SMILES string of the molecule is CC1CN(c2ccc(OC(F)(F)F)cc2)CCN1C(=O)C(=O)NC1=CC2OC(=O)NC2C=C1. The predicted molar refractivity (Wildman–Crippen MR) is 109 cm³/mol. The number of nitrogens with one attached hydrogen (secondary N) is 2. The first-order valence-electron chi connectivity index (χ1n) is 10.2. The molecule has 33 heavy (non-hydrogen) atoms. The number of piperazine rings is 1. The van der Waals surface area contributed by atoms with Crippen molar-refractivity contribution in [1.29, 1.82) is 0 Å². The van der Waals surface area contributed by atoms with Crippen molar-refractivity contribution in [2.75, 3.05) is 24.5 Å². The van der Waals surface area contributed by atoms with Gasteiger partial charge in [0.15, 0.2) is 0 Å². The molecular formula is C21H21F3N4O5. The molecule has 2 N–H and O–H groups in total. The van der Waals surface area contributed by atoms with Crippen molar-refractivity contribution in [2.24, 2.45) is 0 Å². The van der Waals surface area contributed by atoms with E-state index in [0.717, 1.165) is 0 Å². The predicted octanol–water partition coefficient (Wildman–Crippen LogP) is 1.67. The minimum atomic E-state index is -4.76. The Morgan fingerprint density at radius 2 is 1.94 bits per heavy atom. The molecule has 0 bridgehead atoms. The largest absolute Gasteiger partial charge is 0.573 e. The molecule has 176 valence electrons. The van der Waals surface area contributed by atoms with Gasteiger partial charge in [-0.3, -0.25) is 9.59 Å². The highest BCUT2D eigenvalue weighted by Gasteiger charge is 2.35. The van der Waals surface area contributed by atoms with Crippen LogP contribution in [0.2, 0.25) is 0 Å². The van der Waals surface area contributed by atoms with Crippen molar-refractivity contribution < 1.29 is 37.0 Å². The Balaban J connectivity index is 1.32. The maximum absolute atomic E-state index is 12.7. The fourth-order valence-electron chi connectivity index (χ4n) is 3.94. The topological polar surface area (TPSA) is 100 Å². The van der Waals surface area contributed by atoms with Gasteiger partial charge < -0.3 is 29.9 Å². The van der Waals surface area contributed by atoms with E-state index in [0.29, 0.717) is 24.5 Å². The first kappa shape index (κ1) is 22.5. The number of carbonyl (C=O) groups is 3. The number of benzene rings is 1. The third kappa shape index (κ3) is 5.21. The molecule has 0 spiro atoms. The second-order valence-corrected chi connectivity index (χ2v) is 7.81. The van der Waals surface area contributed by atoms with Crippen LogP contribution in [-0.2, 0) is 14.3 Å². The lowest BCUT2D eigenvalue weighted by molar-refractivity contribution is -0.274. The molecule has 3 aliphatic rings. The van der Waals surface area contributed by atoms with Crippen LogP contribution < -0.4 is 20.3 Å². The quantitative estimate of drug-likeness (QED) is 0.658. The molecule has 0 saturated carbocycles. The molecule has 3 amide bonds. The van der Waals surface area contributed by atoms with E-state index in [9.17, 15) is 27.6 Å². The van der Waals surface area contributed by atoms with Gasteiger partial charge in [-0.15, -0.1) is 13.2 Å². The molecule has 12 heteroatoms. The fraction of sp³-hybridized carbons (Fsp3) is 0.381. The number of ether oxygens (including phenoxy) is 2. The molecule has 1 aliphatic carbocycles. The fourth-order valence-corrected chi connectivity index (χ4v) is 3.94. The third-order valence-electron chi connectivity index (χ3n) is 5.48. The lowest BCUT2D eigenvalue weighted by Gasteiger charge is -2.40. The number of amides is 3. The minimum Gasteiger partial charge on any atom is -0.439 e. The van der Waals surface area contributed by atoms with Gasteiger partial charge in [0.2, 0.25) is 0 Å². The summed E-state index contributed by atoms with van der Waals surface area (Å²) in [4.78, 5) is 39.9. The normalized spacial score (nSPS) is 24.4. The summed E-state index contributed by atoms with van der Waals surface area (Å²) >= 11 is 0. The number of anilines is 1. The number of allylic oxidation sites excluding steroid dienone is 1. The molecule has 1 aromatic carbocycles. The average Bonchev–Trinajstić information content (AvgIpc) is 3.12. The van der Waals surface area contributed by atoms with Gasteiger partial charge in [0.1, 0.15) is 11.9 Å². The average molecular weight is 466 g/mol. The molecule has 0 radical (unpaired) electrons. The molecule has 0 aromatic heterocycles. The van der Waals surface area contributed by atoms with E-state index in [1.54, 1.807) is 25.2 Å². The van der Waals surface area contributed by atoms with Crippen LogP contribution in [-0.4, -0.2) is 67.0 Å². The van der Waals surface area contributed by atoms with Gasteiger partial charge in [-0.05, 0) is 43.3 Å². The van der Waals surface area contributed by atoms with Gasteiger partial charge in [-0.25, -0.2) is 4.79 Å². The molecule has 4 rings (SSSR count). The summed E-state index contributed by atoms with van der Waals surface area (Å²) in [7, 11) is 0. The summed E-state index contributed by atoms with van der Waals surface area (Å²) in [5, 5.41) is 5.14. The number of halogens is 3. The molecule has 9 nitrogen and oxygen atoms in total. The number of nitrogens with zero attached hydrogens (tertiary/aromatic N) is 2. The van der Waals surface area contributed by atoms with Crippen LogP contribution in [0.5, 0.6) is 5.75 Å².